The van der Waals surface area contributed by atoms with Gasteiger partial charge < -0.3 is 5.73 Å². The number of aliphatic imine (C=N–C) groups is 1. The number of halogens is 4. The van der Waals surface area contributed by atoms with E-state index in [-0.39, 0.29) is 17.9 Å². The number of benzene rings is 2. The standard InChI is InChI=1S/C17H16F4N2/c1-2-11-5-8-15(18)14(9-11)16(22)23-10-12-3-6-13(7-4-12)17(19,20)21/h3-9H,2,10H2,1H3,(H2,22,23). The first kappa shape index (κ1) is 17.0. The van der Waals surface area contributed by atoms with E-state index < -0.39 is 17.6 Å². The van der Waals surface area contributed by atoms with Gasteiger partial charge in [-0.2, -0.15) is 13.2 Å². The molecule has 122 valence electrons. The Hall–Kier alpha value is -2.37. The Morgan fingerprint density at radius 3 is 2.22 bits per heavy atom. The van der Waals surface area contributed by atoms with Crippen LogP contribution in [0.15, 0.2) is 47.5 Å². The summed E-state index contributed by atoms with van der Waals surface area (Å²) in [5.41, 5.74) is 6.77. The smallest absolute Gasteiger partial charge is 0.383 e. The van der Waals surface area contributed by atoms with Gasteiger partial charge in [0.15, 0.2) is 0 Å². The first-order chi connectivity index (χ1) is 10.8. The van der Waals surface area contributed by atoms with E-state index in [9.17, 15) is 17.6 Å². The summed E-state index contributed by atoms with van der Waals surface area (Å²) in [6.45, 7) is 2.02. The number of amidine groups is 1. The van der Waals surface area contributed by atoms with E-state index in [1.807, 2.05) is 6.92 Å². The van der Waals surface area contributed by atoms with Crippen molar-refractivity contribution in [2.75, 3.05) is 0 Å². The van der Waals surface area contributed by atoms with Crippen LogP contribution in [0.2, 0.25) is 0 Å². The normalized spacial score (nSPS) is 12.5. The van der Waals surface area contributed by atoms with Crippen molar-refractivity contribution in [3.8, 4) is 0 Å². The van der Waals surface area contributed by atoms with E-state index in [1.54, 1.807) is 12.1 Å². The number of rotatable bonds is 4. The summed E-state index contributed by atoms with van der Waals surface area (Å²) in [7, 11) is 0. The van der Waals surface area contributed by atoms with Gasteiger partial charge in [0.1, 0.15) is 11.7 Å². The Kier molecular flexibility index (Phi) is 5.03. The molecule has 0 heterocycles. The van der Waals surface area contributed by atoms with Crippen LogP contribution in [0.1, 0.15) is 29.2 Å². The quantitative estimate of drug-likeness (QED) is 0.508. The molecule has 2 N–H and O–H groups in total. The van der Waals surface area contributed by atoms with Gasteiger partial charge in [-0.25, -0.2) is 4.39 Å². The molecule has 0 aliphatic carbocycles. The molecule has 0 fully saturated rings. The highest BCUT2D eigenvalue weighted by atomic mass is 19.4. The molecule has 0 aliphatic heterocycles. The topological polar surface area (TPSA) is 38.4 Å². The second-order valence-electron chi connectivity index (χ2n) is 5.06. The van der Waals surface area contributed by atoms with Crippen LogP contribution in [0.5, 0.6) is 0 Å². The van der Waals surface area contributed by atoms with Crippen molar-refractivity contribution in [3.05, 3.63) is 70.5 Å². The Bertz CT molecular complexity index is 704. The number of nitrogens with zero attached hydrogens (tertiary/aromatic N) is 1. The van der Waals surface area contributed by atoms with Crippen LogP contribution in [0.3, 0.4) is 0 Å². The molecule has 0 aliphatic rings. The largest absolute Gasteiger partial charge is 0.416 e. The van der Waals surface area contributed by atoms with E-state index in [0.717, 1.165) is 24.1 Å². The minimum Gasteiger partial charge on any atom is -0.383 e. The molecular formula is C17H16F4N2. The zero-order valence-corrected chi connectivity index (χ0v) is 12.5. The minimum absolute atomic E-state index is 0.0256. The van der Waals surface area contributed by atoms with Crippen LogP contribution in [0.4, 0.5) is 17.6 Å². The lowest BCUT2D eigenvalue weighted by atomic mass is 10.1. The van der Waals surface area contributed by atoms with Crippen LogP contribution in [0.25, 0.3) is 0 Å². The number of hydrogen-bond donors (Lipinski definition) is 1. The molecule has 2 rings (SSSR count). The summed E-state index contributed by atoms with van der Waals surface area (Å²) in [5, 5.41) is 0. The Labute approximate surface area is 131 Å². The lowest BCUT2D eigenvalue weighted by Crippen LogP contribution is -2.16. The van der Waals surface area contributed by atoms with Gasteiger partial charge in [-0.15, -0.1) is 0 Å². The minimum atomic E-state index is -4.37. The summed E-state index contributed by atoms with van der Waals surface area (Å²) in [4.78, 5) is 4.07. The van der Waals surface area contributed by atoms with Crippen molar-refractivity contribution in [1.82, 2.24) is 0 Å². The summed E-state index contributed by atoms with van der Waals surface area (Å²) in [6, 6.07) is 9.26. The van der Waals surface area contributed by atoms with Gasteiger partial charge in [-0.3, -0.25) is 4.99 Å². The fourth-order valence-corrected chi connectivity index (χ4v) is 2.05. The first-order valence-electron chi connectivity index (χ1n) is 7.06. The molecule has 0 saturated heterocycles. The highest BCUT2D eigenvalue weighted by Gasteiger charge is 2.29. The van der Waals surface area contributed by atoms with Crippen molar-refractivity contribution < 1.29 is 17.6 Å². The summed E-state index contributed by atoms with van der Waals surface area (Å²) >= 11 is 0. The first-order valence-corrected chi connectivity index (χ1v) is 7.06. The van der Waals surface area contributed by atoms with E-state index in [2.05, 4.69) is 4.99 Å². The highest BCUT2D eigenvalue weighted by molar-refractivity contribution is 5.97. The molecule has 0 bridgehead atoms. The average Bonchev–Trinajstić information content (AvgIpc) is 2.52. The summed E-state index contributed by atoms with van der Waals surface area (Å²) in [6.07, 6.45) is -3.63. The number of alkyl halides is 3. The maximum absolute atomic E-state index is 13.8. The average molecular weight is 324 g/mol. The van der Waals surface area contributed by atoms with Crippen LogP contribution >= 0.6 is 0 Å². The van der Waals surface area contributed by atoms with Crippen LogP contribution in [0, 0.1) is 5.82 Å². The van der Waals surface area contributed by atoms with Crippen LogP contribution < -0.4 is 5.73 Å². The fraction of sp³-hybridized carbons (Fsp3) is 0.235. The monoisotopic (exact) mass is 324 g/mol. The zero-order valence-electron chi connectivity index (χ0n) is 12.5. The molecule has 23 heavy (non-hydrogen) atoms. The van der Waals surface area contributed by atoms with Crippen molar-refractivity contribution in [2.45, 2.75) is 26.1 Å². The van der Waals surface area contributed by atoms with Crippen molar-refractivity contribution in [2.24, 2.45) is 10.7 Å². The molecule has 0 radical (unpaired) electrons. The highest BCUT2D eigenvalue weighted by Crippen LogP contribution is 2.29. The second-order valence-corrected chi connectivity index (χ2v) is 5.06. The van der Waals surface area contributed by atoms with Gasteiger partial charge in [-0.05, 0) is 41.8 Å². The second kappa shape index (κ2) is 6.81. The van der Waals surface area contributed by atoms with Crippen LogP contribution in [-0.2, 0) is 19.1 Å². The lowest BCUT2D eigenvalue weighted by molar-refractivity contribution is -0.137. The lowest BCUT2D eigenvalue weighted by Gasteiger charge is -2.08. The third-order valence-corrected chi connectivity index (χ3v) is 3.43. The van der Waals surface area contributed by atoms with E-state index in [4.69, 9.17) is 5.73 Å². The van der Waals surface area contributed by atoms with E-state index in [1.165, 1.54) is 18.2 Å². The van der Waals surface area contributed by atoms with E-state index >= 15 is 0 Å². The zero-order chi connectivity index (χ0) is 17.0. The molecule has 2 nitrogen and oxygen atoms in total. The van der Waals surface area contributed by atoms with E-state index in [0.29, 0.717) is 5.56 Å². The van der Waals surface area contributed by atoms with Gasteiger partial charge in [0.25, 0.3) is 0 Å². The van der Waals surface area contributed by atoms with Gasteiger partial charge in [-0.1, -0.05) is 25.1 Å². The molecular weight excluding hydrogens is 308 g/mol. The molecule has 2 aromatic carbocycles. The number of hydrogen-bond acceptors (Lipinski definition) is 1. The van der Waals surface area contributed by atoms with Gasteiger partial charge in [0.2, 0.25) is 0 Å². The Balaban J connectivity index is 2.16. The molecule has 2 aromatic rings. The van der Waals surface area contributed by atoms with Crippen LogP contribution in [-0.4, -0.2) is 5.84 Å². The predicted octanol–water partition coefficient (Wildman–Crippen LogP) is 4.31. The molecule has 0 amide bonds. The molecule has 0 aromatic heterocycles. The van der Waals surface area contributed by atoms with Crippen molar-refractivity contribution >= 4 is 5.84 Å². The molecule has 0 saturated carbocycles. The van der Waals surface area contributed by atoms with Crippen molar-refractivity contribution in [1.29, 1.82) is 0 Å². The molecule has 6 heteroatoms. The Morgan fingerprint density at radius 2 is 1.65 bits per heavy atom. The van der Waals surface area contributed by atoms with Gasteiger partial charge in [0, 0.05) is 0 Å². The van der Waals surface area contributed by atoms with Crippen molar-refractivity contribution in [3.63, 3.8) is 0 Å². The SMILES string of the molecule is CCc1ccc(F)c(C(N)=NCc2ccc(C(F)(F)F)cc2)c1. The number of nitrogens with two attached hydrogens (primary N) is 1. The number of aryl methyl sites for hydroxylation is 1. The predicted molar refractivity (Wildman–Crippen MR) is 81.7 cm³/mol. The summed E-state index contributed by atoms with van der Waals surface area (Å²) < 4.78 is 51.2. The fourth-order valence-electron chi connectivity index (χ4n) is 2.05. The molecule has 0 unspecified atom stereocenters. The maximum atomic E-state index is 13.8. The van der Waals surface area contributed by atoms with Gasteiger partial charge >= 0.3 is 6.18 Å². The third-order valence-electron chi connectivity index (χ3n) is 3.43. The molecule has 0 atom stereocenters. The van der Waals surface area contributed by atoms with Gasteiger partial charge in [0.05, 0.1) is 17.7 Å². The molecule has 0 spiro atoms. The summed E-state index contributed by atoms with van der Waals surface area (Å²) in [5.74, 6) is -0.450. The third kappa shape index (κ3) is 4.31. The maximum Gasteiger partial charge on any atom is 0.416 e. The Morgan fingerprint density at radius 1 is 1.04 bits per heavy atom.